The van der Waals surface area contributed by atoms with Crippen LogP contribution in [0, 0.1) is 0 Å². The Bertz CT molecular complexity index is 266. The van der Waals surface area contributed by atoms with E-state index in [2.05, 4.69) is 4.98 Å². The first-order chi connectivity index (χ1) is 6.27. The molecule has 1 unspecified atom stereocenters. The van der Waals surface area contributed by atoms with Gasteiger partial charge in [-0.2, -0.15) is 0 Å². The molecule has 1 heterocycles. The number of nitrogens with zero attached hydrogens (tertiary/aromatic N) is 1. The number of ether oxygens (including phenoxy) is 1. The summed E-state index contributed by atoms with van der Waals surface area (Å²) in [6.07, 6.45) is 2.16. The fourth-order valence-corrected chi connectivity index (χ4v) is 1.04. The number of rotatable bonds is 4. The number of hydrogen-bond donors (Lipinski definition) is 2. The van der Waals surface area contributed by atoms with Crippen LogP contribution in [0.25, 0.3) is 0 Å². The topological polar surface area (TPSA) is 68.4 Å². The molecule has 72 valence electrons. The molecule has 0 aliphatic heterocycles. The molecule has 1 rings (SSSR count). The average molecular weight is 182 g/mol. The summed E-state index contributed by atoms with van der Waals surface area (Å²) in [5.74, 6) is 0.735. The number of aromatic nitrogens is 1. The van der Waals surface area contributed by atoms with Gasteiger partial charge in [0, 0.05) is 24.9 Å². The molecule has 0 saturated heterocycles. The molecule has 1 aromatic rings. The van der Waals surface area contributed by atoms with Gasteiger partial charge in [-0.3, -0.25) is 4.98 Å². The van der Waals surface area contributed by atoms with Crippen molar-refractivity contribution in [2.75, 3.05) is 13.7 Å². The van der Waals surface area contributed by atoms with E-state index in [1.165, 1.54) is 0 Å². The number of hydrogen-bond acceptors (Lipinski definition) is 4. The SMILES string of the molecule is COc1ccnc(C(N)CCO)c1. The summed E-state index contributed by atoms with van der Waals surface area (Å²) in [6.45, 7) is 0.0695. The molecule has 4 nitrogen and oxygen atoms in total. The van der Waals surface area contributed by atoms with Crippen LogP contribution in [0.15, 0.2) is 18.3 Å². The third kappa shape index (κ3) is 2.68. The van der Waals surface area contributed by atoms with Crippen LogP contribution >= 0.6 is 0 Å². The molecule has 0 saturated carbocycles. The molecule has 0 aliphatic rings. The van der Waals surface area contributed by atoms with Gasteiger partial charge in [-0.25, -0.2) is 0 Å². The zero-order valence-corrected chi connectivity index (χ0v) is 7.60. The van der Waals surface area contributed by atoms with Crippen molar-refractivity contribution in [2.24, 2.45) is 5.73 Å². The Morgan fingerprint density at radius 1 is 1.69 bits per heavy atom. The van der Waals surface area contributed by atoms with Gasteiger partial charge in [0.05, 0.1) is 12.8 Å². The van der Waals surface area contributed by atoms with E-state index in [0.29, 0.717) is 6.42 Å². The monoisotopic (exact) mass is 182 g/mol. The number of nitrogens with two attached hydrogens (primary N) is 1. The Balaban J connectivity index is 2.75. The van der Waals surface area contributed by atoms with E-state index in [1.807, 2.05) is 0 Å². The molecule has 0 bridgehead atoms. The van der Waals surface area contributed by atoms with Crippen molar-refractivity contribution in [1.29, 1.82) is 0 Å². The Labute approximate surface area is 77.4 Å². The number of methoxy groups -OCH3 is 1. The van der Waals surface area contributed by atoms with Gasteiger partial charge in [-0.15, -0.1) is 0 Å². The molecular weight excluding hydrogens is 168 g/mol. The molecule has 1 atom stereocenters. The van der Waals surface area contributed by atoms with Crippen LogP contribution in [0.4, 0.5) is 0 Å². The second-order valence-electron chi connectivity index (χ2n) is 2.74. The van der Waals surface area contributed by atoms with Crippen molar-refractivity contribution in [2.45, 2.75) is 12.5 Å². The third-order valence-corrected chi connectivity index (χ3v) is 1.81. The zero-order chi connectivity index (χ0) is 9.68. The Kier molecular flexibility index (Phi) is 3.67. The first-order valence-electron chi connectivity index (χ1n) is 4.14. The molecule has 0 aromatic carbocycles. The second kappa shape index (κ2) is 4.79. The largest absolute Gasteiger partial charge is 0.497 e. The second-order valence-corrected chi connectivity index (χ2v) is 2.74. The van der Waals surface area contributed by atoms with Crippen molar-refractivity contribution in [3.63, 3.8) is 0 Å². The molecule has 13 heavy (non-hydrogen) atoms. The van der Waals surface area contributed by atoms with Gasteiger partial charge >= 0.3 is 0 Å². The van der Waals surface area contributed by atoms with Crippen LogP contribution in [0.3, 0.4) is 0 Å². The van der Waals surface area contributed by atoms with Crippen LogP contribution in [-0.2, 0) is 0 Å². The van der Waals surface area contributed by atoms with Crippen LogP contribution in [-0.4, -0.2) is 23.8 Å². The lowest BCUT2D eigenvalue weighted by atomic mass is 10.1. The van der Waals surface area contributed by atoms with Crippen molar-refractivity contribution < 1.29 is 9.84 Å². The number of aliphatic hydroxyl groups excluding tert-OH is 1. The van der Waals surface area contributed by atoms with Crippen molar-refractivity contribution in [3.8, 4) is 5.75 Å². The van der Waals surface area contributed by atoms with Crippen molar-refractivity contribution in [1.82, 2.24) is 4.98 Å². The Morgan fingerprint density at radius 2 is 2.46 bits per heavy atom. The van der Waals surface area contributed by atoms with E-state index >= 15 is 0 Å². The third-order valence-electron chi connectivity index (χ3n) is 1.81. The van der Waals surface area contributed by atoms with Gasteiger partial charge in [-0.05, 0) is 12.5 Å². The minimum Gasteiger partial charge on any atom is -0.497 e. The summed E-state index contributed by atoms with van der Waals surface area (Å²) in [5.41, 5.74) is 6.49. The Morgan fingerprint density at radius 3 is 3.08 bits per heavy atom. The number of aliphatic hydroxyl groups is 1. The van der Waals surface area contributed by atoms with Crippen LogP contribution in [0.2, 0.25) is 0 Å². The zero-order valence-electron chi connectivity index (χ0n) is 7.60. The minimum absolute atomic E-state index is 0.0695. The quantitative estimate of drug-likeness (QED) is 0.710. The highest BCUT2D eigenvalue weighted by Gasteiger charge is 2.06. The standard InChI is InChI=1S/C9H14N2O2/c1-13-7-2-4-11-9(6-7)8(10)3-5-12/h2,4,6,8,12H,3,5,10H2,1H3. The van der Waals surface area contributed by atoms with E-state index in [4.69, 9.17) is 15.6 Å². The smallest absolute Gasteiger partial charge is 0.122 e. The highest BCUT2D eigenvalue weighted by molar-refractivity contribution is 5.24. The van der Waals surface area contributed by atoms with E-state index in [1.54, 1.807) is 25.4 Å². The lowest BCUT2D eigenvalue weighted by molar-refractivity contribution is 0.275. The lowest BCUT2D eigenvalue weighted by Gasteiger charge is -2.09. The van der Waals surface area contributed by atoms with E-state index in [-0.39, 0.29) is 12.6 Å². The van der Waals surface area contributed by atoms with Gasteiger partial charge in [0.1, 0.15) is 5.75 Å². The normalized spacial score (nSPS) is 12.5. The van der Waals surface area contributed by atoms with E-state index in [0.717, 1.165) is 11.4 Å². The van der Waals surface area contributed by atoms with Crippen LogP contribution in [0.5, 0.6) is 5.75 Å². The maximum atomic E-state index is 8.69. The maximum Gasteiger partial charge on any atom is 0.122 e. The van der Waals surface area contributed by atoms with Gasteiger partial charge in [0.2, 0.25) is 0 Å². The highest BCUT2D eigenvalue weighted by atomic mass is 16.5. The lowest BCUT2D eigenvalue weighted by Crippen LogP contribution is -2.13. The van der Waals surface area contributed by atoms with Crippen molar-refractivity contribution >= 4 is 0 Å². The minimum atomic E-state index is -0.222. The predicted octanol–water partition coefficient (Wildman–Crippen LogP) is 0.472. The summed E-state index contributed by atoms with van der Waals surface area (Å²) in [7, 11) is 1.59. The molecule has 1 aromatic heterocycles. The van der Waals surface area contributed by atoms with Crippen LogP contribution < -0.4 is 10.5 Å². The van der Waals surface area contributed by atoms with Crippen molar-refractivity contribution in [3.05, 3.63) is 24.0 Å². The average Bonchev–Trinajstić information content (AvgIpc) is 2.18. The molecular formula is C9H14N2O2. The van der Waals surface area contributed by atoms with E-state index in [9.17, 15) is 0 Å². The van der Waals surface area contributed by atoms with Gasteiger partial charge in [0.25, 0.3) is 0 Å². The Hall–Kier alpha value is -1.13. The van der Waals surface area contributed by atoms with E-state index < -0.39 is 0 Å². The van der Waals surface area contributed by atoms with Crippen LogP contribution in [0.1, 0.15) is 18.2 Å². The summed E-state index contributed by atoms with van der Waals surface area (Å²) in [4.78, 5) is 4.09. The molecule has 3 N–H and O–H groups in total. The first kappa shape index (κ1) is 9.95. The van der Waals surface area contributed by atoms with Gasteiger partial charge in [-0.1, -0.05) is 0 Å². The molecule has 0 spiro atoms. The molecule has 0 radical (unpaired) electrons. The highest BCUT2D eigenvalue weighted by Crippen LogP contribution is 2.16. The summed E-state index contributed by atoms with van der Waals surface area (Å²) in [5, 5.41) is 8.69. The predicted molar refractivity (Wildman–Crippen MR) is 49.4 cm³/mol. The molecule has 0 amide bonds. The maximum absolute atomic E-state index is 8.69. The fourth-order valence-electron chi connectivity index (χ4n) is 1.04. The van der Waals surface area contributed by atoms with Gasteiger partial charge in [0.15, 0.2) is 0 Å². The fraction of sp³-hybridized carbons (Fsp3) is 0.444. The van der Waals surface area contributed by atoms with Gasteiger partial charge < -0.3 is 15.6 Å². The number of pyridine rings is 1. The molecule has 0 aliphatic carbocycles. The summed E-state index contributed by atoms with van der Waals surface area (Å²) in [6, 6.07) is 3.32. The molecule has 0 fully saturated rings. The summed E-state index contributed by atoms with van der Waals surface area (Å²) < 4.78 is 5.03. The molecule has 4 heteroatoms. The first-order valence-corrected chi connectivity index (χ1v) is 4.14. The summed E-state index contributed by atoms with van der Waals surface area (Å²) >= 11 is 0.